The number of carbonyl (C=O) groups excluding carboxylic acids is 1. The fourth-order valence-electron chi connectivity index (χ4n) is 2.59. The summed E-state index contributed by atoms with van der Waals surface area (Å²) in [5, 5.41) is 10.4. The molecule has 0 bridgehead atoms. The Bertz CT molecular complexity index is 451. The molecule has 1 amide bonds. The van der Waals surface area contributed by atoms with Gasteiger partial charge in [-0.2, -0.15) is 0 Å². The van der Waals surface area contributed by atoms with Crippen molar-refractivity contribution in [2.45, 2.75) is 31.5 Å². The quantitative estimate of drug-likeness (QED) is 0.924. The van der Waals surface area contributed by atoms with E-state index in [1.54, 1.807) is 12.0 Å². The molecule has 1 aromatic rings. The third kappa shape index (κ3) is 4.72. The number of hydrogen-bond acceptors (Lipinski definition) is 4. The van der Waals surface area contributed by atoms with Gasteiger partial charge in [0.2, 0.25) is 0 Å². The summed E-state index contributed by atoms with van der Waals surface area (Å²) in [5.41, 5.74) is 0.139. The van der Waals surface area contributed by atoms with Crippen LogP contribution in [0.4, 0.5) is 4.79 Å². The van der Waals surface area contributed by atoms with E-state index in [0.29, 0.717) is 32.5 Å². The molecule has 1 N–H and O–H groups in total. The summed E-state index contributed by atoms with van der Waals surface area (Å²) in [6, 6.07) is 9.61. The number of carbonyl (C=O) groups is 1. The van der Waals surface area contributed by atoms with Crippen LogP contribution in [0.15, 0.2) is 30.3 Å². The molecule has 0 saturated carbocycles. The molecule has 0 aliphatic carbocycles. The second-order valence-corrected chi connectivity index (χ2v) is 5.54. The molecule has 1 atom stereocenters. The molecule has 5 heteroatoms. The van der Waals surface area contributed by atoms with E-state index < -0.39 is 5.60 Å². The van der Waals surface area contributed by atoms with Gasteiger partial charge in [-0.15, -0.1) is 0 Å². The number of likely N-dealkylation sites (tertiary alicyclic amines) is 1. The van der Waals surface area contributed by atoms with Gasteiger partial charge in [0.05, 0.1) is 12.2 Å². The van der Waals surface area contributed by atoms with Crippen molar-refractivity contribution in [3.8, 4) is 0 Å². The highest BCUT2D eigenvalue weighted by atomic mass is 16.6. The van der Waals surface area contributed by atoms with Crippen molar-refractivity contribution in [1.82, 2.24) is 4.90 Å². The van der Waals surface area contributed by atoms with Crippen molar-refractivity contribution >= 4 is 6.09 Å². The summed E-state index contributed by atoms with van der Waals surface area (Å²) in [4.78, 5) is 13.7. The largest absolute Gasteiger partial charge is 0.445 e. The maximum absolute atomic E-state index is 12.1. The Morgan fingerprint density at radius 1 is 1.29 bits per heavy atom. The zero-order valence-electron chi connectivity index (χ0n) is 12.5. The van der Waals surface area contributed by atoms with Crippen molar-refractivity contribution < 1.29 is 19.4 Å². The summed E-state index contributed by atoms with van der Waals surface area (Å²) in [6.07, 6.45) is 1.59. The third-order valence-corrected chi connectivity index (χ3v) is 3.79. The lowest BCUT2D eigenvalue weighted by molar-refractivity contribution is -0.0406. The zero-order chi connectivity index (χ0) is 15.1. The van der Waals surface area contributed by atoms with Crippen LogP contribution in [-0.4, -0.2) is 48.5 Å². The van der Waals surface area contributed by atoms with E-state index in [1.165, 1.54) is 0 Å². The summed E-state index contributed by atoms with van der Waals surface area (Å²) < 4.78 is 10.4. The van der Waals surface area contributed by atoms with Crippen molar-refractivity contribution in [2.75, 3.05) is 26.8 Å². The lowest BCUT2D eigenvalue weighted by Crippen LogP contribution is -2.37. The predicted molar refractivity (Wildman–Crippen MR) is 78.9 cm³/mol. The van der Waals surface area contributed by atoms with Crippen LogP contribution in [0.3, 0.4) is 0 Å². The lowest BCUT2D eigenvalue weighted by Gasteiger charge is -2.25. The summed E-state index contributed by atoms with van der Waals surface area (Å²) in [6.45, 7) is 1.69. The van der Waals surface area contributed by atoms with Gasteiger partial charge < -0.3 is 19.5 Å². The number of rotatable bonds is 4. The maximum Gasteiger partial charge on any atom is 0.410 e. The van der Waals surface area contributed by atoms with Crippen molar-refractivity contribution in [2.24, 2.45) is 0 Å². The molecule has 0 aromatic heterocycles. The summed E-state index contributed by atoms with van der Waals surface area (Å²) in [7, 11) is 1.58. The monoisotopic (exact) mass is 293 g/mol. The minimum atomic E-state index is -0.830. The maximum atomic E-state index is 12.1. The minimum Gasteiger partial charge on any atom is -0.445 e. The van der Waals surface area contributed by atoms with Crippen LogP contribution in [0.25, 0.3) is 0 Å². The SMILES string of the molecule is COCC1(O)CCCN(C(=O)OCc2ccccc2)CC1. The van der Waals surface area contributed by atoms with Gasteiger partial charge in [-0.25, -0.2) is 4.79 Å². The van der Waals surface area contributed by atoms with Gasteiger partial charge in [-0.1, -0.05) is 30.3 Å². The molecule has 0 spiro atoms. The molecular formula is C16H23NO4. The zero-order valence-corrected chi connectivity index (χ0v) is 12.5. The number of nitrogens with zero attached hydrogens (tertiary/aromatic N) is 1. The molecule has 1 aliphatic heterocycles. The normalized spacial score (nSPS) is 22.7. The standard InChI is InChI=1S/C16H23NO4/c1-20-13-16(19)8-5-10-17(11-9-16)15(18)21-12-14-6-3-2-4-7-14/h2-4,6-7,19H,5,8-13H2,1H3. The molecule has 1 heterocycles. The van der Waals surface area contributed by atoms with Gasteiger partial charge in [-0.3, -0.25) is 0 Å². The molecule has 1 fully saturated rings. The molecule has 5 nitrogen and oxygen atoms in total. The first kappa shape index (κ1) is 15.8. The second kappa shape index (κ2) is 7.43. The Morgan fingerprint density at radius 3 is 2.76 bits per heavy atom. The fraction of sp³-hybridized carbons (Fsp3) is 0.562. The summed E-state index contributed by atoms with van der Waals surface area (Å²) in [5.74, 6) is 0. The van der Waals surface area contributed by atoms with E-state index in [2.05, 4.69) is 0 Å². The number of ether oxygens (including phenoxy) is 2. The number of hydrogen-bond donors (Lipinski definition) is 1. The highest BCUT2D eigenvalue weighted by molar-refractivity contribution is 5.67. The van der Waals surface area contributed by atoms with Crippen LogP contribution in [0.2, 0.25) is 0 Å². The Kier molecular flexibility index (Phi) is 5.59. The van der Waals surface area contributed by atoms with Gasteiger partial charge in [0.15, 0.2) is 0 Å². The highest BCUT2D eigenvalue weighted by Gasteiger charge is 2.31. The van der Waals surface area contributed by atoms with Crippen molar-refractivity contribution in [3.05, 3.63) is 35.9 Å². The molecular weight excluding hydrogens is 270 g/mol. The molecule has 116 valence electrons. The van der Waals surface area contributed by atoms with Gasteiger partial charge in [0.25, 0.3) is 0 Å². The number of methoxy groups -OCH3 is 1. The molecule has 0 radical (unpaired) electrons. The Labute approximate surface area is 125 Å². The van der Waals surface area contributed by atoms with Gasteiger partial charge in [0.1, 0.15) is 6.61 Å². The summed E-state index contributed by atoms with van der Waals surface area (Å²) >= 11 is 0. The van der Waals surface area contributed by atoms with E-state index in [4.69, 9.17) is 9.47 Å². The van der Waals surface area contributed by atoms with Gasteiger partial charge in [-0.05, 0) is 24.8 Å². The van der Waals surface area contributed by atoms with E-state index in [1.807, 2.05) is 30.3 Å². The van der Waals surface area contributed by atoms with Crippen LogP contribution in [-0.2, 0) is 16.1 Å². The van der Waals surface area contributed by atoms with E-state index in [9.17, 15) is 9.90 Å². The minimum absolute atomic E-state index is 0.276. The molecule has 1 unspecified atom stereocenters. The van der Waals surface area contributed by atoms with Crippen molar-refractivity contribution in [1.29, 1.82) is 0 Å². The molecule has 1 saturated heterocycles. The topological polar surface area (TPSA) is 59.0 Å². The third-order valence-electron chi connectivity index (χ3n) is 3.79. The van der Waals surface area contributed by atoms with E-state index in [-0.39, 0.29) is 12.7 Å². The van der Waals surface area contributed by atoms with Crippen LogP contribution >= 0.6 is 0 Å². The highest BCUT2D eigenvalue weighted by Crippen LogP contribution is 2.23. The molecule has 1 aromatic carbocycles. The number of benzene rings is 1. The van der Waals surface area contributed by atoms with Crippen LogP contribution in [0.5, 0.6) is 0 Å². The van der Waals surface area contributed by atoms with Gasteiger partial charge in [0, 0.05) is 20.2 Å². The molecule has 1 aliphatic rings. The van der Waals surface area contributed by atoms with E-state index in [0.717, 1.165) is 12.0 Å². The second-order valence-electron chi connectivity index (χ2n) is 5.54. The number of aliphatic hydroxyl groups is 1. The van der Waals surface area contributed by atoms with Crippen LogP contribution in [0.1, 0.15) is 24.8 Å². The van der Waals surface area contributed by atoms with Gasteiger partial charge >= 0.3 is 6.09 Å². The molecule has 21 heavy (non-hydrogen) atoms. The lowest BCUT2D eigenvalue weighted by atomic mass is 9.96. The van der Waals surface area contributed by atoms with E-state index >= 15 is 0 Å². The van der Waals surface area contributed by atoms with Crippen LogP contribution in [0, 0.1) is 0 Å². The fourth-order valence-corrected chi connectivity index (χ4v) is 2.59. The number of amides is 1. The van der Waals surface area contributed by atoms with Crippen LogP contribution < -0.4 is 0 Å². The Hall–Kier alpha value is -1.59. The Balaban J connectivity index is 1.83. The van der Waals surface area contributed by atoms with Crippen molar-refractivity contribution in [3.63, 3.8) is 0 Å². The average Bonchev–Trinajstić information content (AvgIpc) is 2.68. The molecule has 2 rings (SSSR count). The average molecular weight is 293 g/mol. The smallest absolute Gasteiger partial charge is 0.410 e. The Morgan fingerprint density at radius 2 is 2.05 bits per heavy atom. The first-order chi connectivity index (χ1) is 10.1. The first-order valence-corrected chi connectivity index (χ1v) is 7.30. The predicted octanol–water partition coefficient (Wildman–Crippen LogP) is 2.19. The first-order valence-electron chi connectivity index (χ1n) is 7.30.